The van der Waals surface area contributed by atoms with Crippen LogP contribution in [0.5, 0.6) is 0 Å². The first kappa shape index (κ1) is 44.4. The molecule has 13 heteroatoms. The predicted octanol–water partition coefficient (Wildman–Crippen LogP) is 6.67. The van der Waals surface area contributed by atoms with E-state index in [1.54, 1.807) is 0 Å². The molecule has 0 rings (SSSR count). The van der Waals surface area contributed by atoms with Crippen molar-refractivity contribution in [2.24, 2.45) is 5.73 Å². The molecule has 0 fully saturated rings. The van der Waals surface area contributed by atoms with Crippen molar-refractivity contribution >= 4 is 25.7 Å². The highest BCUT2D eigenvalue weighted by atomic mass is 31.2. The van der Waals surface area contributed by atoms with Gasteiger partial charge in [-0.3, -0.25) is 23.4 Å². The Morgan fingerprint density at radius 2 is 1.07 bits per heavy atom. The fraction of sp³-hybridized carbons (Fsp3) is 0.909. The number of aliphatic hydroxyl groups is 1. The summed E-state index contributed by atoms with van der Waals surface area (Å²) in [5.74, 6) is -1.72. The van der Waals surface area contributed by atoms with Gasteiger partial charge in [-0.1, -0.05) is 117 Å². The lowest BCUT2D eigenvalue weighted by atomic mass is 10.1. The topological polar surface area (TPSA) is 181 Å². The van der Waals surface area contributed by atoms with Gasteiger partial charge in [0.1, 0.15) is 25.4 Å². The van der Waals surface area contributed by atoms with Gasteiger partial charge in [0.05, 0.1) is 13.2 Å². The standard InChI is InChI=1S/C33H64NO11P/c1-4-6-8-10-12-14-16-18-20-22-31(36)41-26-30(45-32(37)23-21-19-17-15-13-11-9-7-5-2)27-44-46(39,40)43-25-29(35)24-42-33(38)28(3)34/h28-30,35H,4-27,34H2,1-3H3,(H,39,40). The molecule has 272 valence electrons. The molecule has 0 aromatic rings. The van der Waals surface area contributed by atoms with Crippen LogP contribution >= 0.6 is 7.82 Å². The highest BCUT2D eigenvalue weighted by molar-refractivity contribution is 7.47. The summed E-state index contributed by atoms with van der Waals surface area (Å²) in [4.78, 5) is 46.3. The van der Waals surface area contributed by atoms with Crippen LogP contribution in [0.25, 0.3) is 0 Å². The number of carbonyl (C=O) groups excluding carboxylic acids is 3. The number of nitrogens with two attached hydrogens (primary N) is 1. The smallest absolute Gasteiger partial charge is 0.462 e. The van der Waals surface area contributed by atoms with Crippen LogP contribution in [0.3, 0.4) is 0 Å². The number of ether oxygens (including phenoxy) is 3. The third-order valence-corrected chi connectivity index (χ3v) is 8.29. The van der Waals surface area contributed by atoms with Crippen LogP contribution in [0.2, 0.25) is 0 Å². The van der Waals surface area contributed by atoms with Crippen molar-refractivity contribution in [3.05, 3.63) is 0 Å². The SMILES string of the molecule is CCCCCCCCCCCC(=O)OCC(COP(=O)(O)OCC(O)COC(=O)C(C)N)OC(=O)CCCCCCCCCCC. The quantitative estimate of drug-likeness (QED) is 0.0297. The highest BCUT2D eigenvalue weighted by Crippen LogP contribution is 2.43. The lowest BCUT2D eigenvalue weighted by molar-refractivity contribution is -0.161. The Morgan fingerprint density at radius 1 is 0.630 bits per heavy atom. The van der Waals surface area contributed by atoms with Gasteiger partial charge in [0.2, 0.25) is 0 Å². The average molecular weight is 682 g/mol. The third-order valence-electron chi connectivity index (χ3n) is 7.34. The first-order valence-corrected chi connectivity index (χ1v) is 19.1. The first-order valence-electron chi connectivity index (χ1n) is 17.6. The van der Waals surface area contributed by atoms with Crippen LogP contribution in [-0.2, 0) is 42.2 Å². The second kappa shape index (κ2) is 29.6. The molecule has 46 heavy (non-hydrogen) atoms. The maximum absolute atomic E-state index is 12.5. The van der Waals surface area contributed by atoms with Crippen molar-refractivity contribution in [2.75, 3.05) is 26.4 Å². The molecule has 4 atom stereocenters. The molecule has 0 aliphatic rings. The Balaban J connectivity index is 4.66. The van der Waals surface area contributed by atoms with E-state index in [4.69, 9.17) is 29.0 Å². The summed E-state index contributed by atoms with van der Waals surface area (Å²) in [5.41, 5.74) is 5.37. The number of phosphoric acid groups is 1. The minimum absolute atomic E-state index is 0.165. The molecule has 0 amide bonds. The Hall–Kier alpha value is -1.56. The molecule has 0 aliphatic heterocycles. The summed E-state index contributed by atoms with van der Waals surface area (Å²) in [6.07, 6.45) is 17.7. The van der Waals surface area contributed by atoms with Crippen LogP contribution in [-0.4, -0.2) is 72.6 Å². The maximum Gasteiger partial charge on any atom is 0.472 e. The second-order valence-electron chi connectivity index (χ2n) is 12.1. The molecule has 0 heterocycles. The van der Waals surface area contributed by atoms with Crippen LogP contribution in [0.1, 0.15) is 149 Å². The second-order valence-corrected chi connectivity index (χ2v) is 13.5. The molecule has 0 spiro atoms. The zero-order valence-electron chi connectivity index (χ0n) is 28.8. The summed E-state index contributed by atoms with van der Waals surface area (Å²) >= 11 is 0. The van der Waals surface area contributed by atoms with Gasteiger partial charge in [-0.15, -0.1) is 0 Å². The molecule has 0 radical (unpaired) electrons. The van der Waals surface area contributed by atoms with Crippen molar-refractivity contribution in [1.29, 1.82) is 0 Å². The maximum atomic E-state index is 12.5. The van der Waals surface area contributed by atoms with E-state index in [0.717, 1.165) is 38.5 Å². The molecule has 0 aliphatic carbocycles. The van der Waals surface area contributed by atoms with Gasteiger partial charge in [0.15, 0.2) is 6.10 Å². The van der Waals surface area contributed by atoms with Crippen LogP contribution < -0.4 is 5.73 Å². The van der Waals surface area contributed by atoms with Gasteiger partial charge in [0.25, 0.3) is 0 Å². The Kier molecular flexibility index (Phi) is 28.6. The molecule has 0 saturated carbocycles. The van der Waals surface area contributed by atoms with Crippen molar-refractivity contribution in [3.63, 3.8) is 0 Å². The number of phosphoric ester groups is 1. The molecule has 4 N–H and O–H groups in total. The Bertz CT molecular complexity index is 827. The normalized spacial score (nSPS) is 14.7. The predicted molar refractivity (Wildman–Crippen MR) is 177 cm³/mol. The first-order chi connectivity index (χ1) is 22.0. The van der Waals surface area contributed by atoms with E-state index >= 15 is 0 Å². The lowest BCUT2D eigenvalue weighted by Crippen LogP contribution is -2.32. The number of carbonyl (C=O) groups is 3. The molecule has 12 nitrogen and oxygen atoms in total. The van der Waals surface area contributed by atoms with Crippen LogP contribution in [0.15, 0.2) is 0 Å². The zero-order valence-corrected chi connectivity index (χ0v) is 29.7. The van der Waals surface area contributed by atoms with E-state index in [-0.39, 0.29) is 19.4 Å². The summed E-state index contributed by atoms with van der Waals surface area (Å²) in [7, 11) is -4.70. The molecule has 0 aromatic heterocycles. The van der Waals surface area contributed by atoms with Gasteiger partial charge in [0, 0.05) is 12.8 Å². The monoisotopic (exact) mass is 681 g/mol. The Labute approximate surface area is 277 Å². The van der Waals surface area contributed by atoms with Gasteiger partial charge >= 0.3 is 25.7 Å². The number of hydrogen-bond acceptors (Lipinski definition) is 11. The molecule has 0 saturated heterocycles. The number of hydrogen-bond donors (Lipinski definition) is 3. The summed E-state index contributed by atoms with van der Waals surface area (Å²) in [5, 5.41) is 9.87. The third kappa shape index (κ3) is 28.6. The van der Waals surface area contributed by atoms with Gasteiger partial charge in [-0.05, 0) is 19.8 Å². The van der Waals surface area contributed by atoms with Crippen LogP contribution in [0, 0.1) is 0 Å². The van der Waals surface area contributed by atoms with E-state index in [1.165, 1.54) is 71.1 Å². The van der Waals surface area contributed by atoms with E-state index in [1.807, 2.05) is 0 Å². The number of unbranched alkanes of at least 4 members (excludes halogenated alkanes) is 16. The molecular formula is C33H64NO11P. The van der Waals surface area contributed by atoms with Crippen LogP contribution in [0.4, 0.5) is 0 Å². The van der Waals surface area contributed by atoms with E-state index in [9.17, 15) is 28.9 Å². The van der Waals surface area contributed by atoms with E-state index < -0.39 is 63.8 Å². The van der Waals surface area contributed by atoms with Crippen molar-refractivity contribution in [3.8, 4) is 0 Å². The van der Waals surface area contributed by atoms with Gasteiger partial charge < -0.3 is 29.9 Å². The largest absolute Gasteiger partial charge is 0.472 e. The van der Waals surface area contributed by atoms with Crippen molar-refractivity contribution in [1.82, 2.24) is 0 Å². The fourth-order valence-corrected chi connectivity index (χ4v) is 5.32. The van der Waals surface area contributed by atoms with E-state index in [2.05, 4.69) is 13.8 Å². The lowest BCUT2D eigenvalue weighted by Gasteiger charge is -2.20. The average Bonchev–Trinajstić information content (AvgIpc) is 3.02. The zero-order chi connectivity index (χ0) is 34.5. The molecule has 0 aromatic carbocycles. The van der Waals surface area contributed by atoms with Crippen molar-refractivity contribution < 1.29 is 52.2 Å². The summed E-state index contributed by atoms with van der Waals surface area (Å²) in [6.45, 7) is 3.72. The summed E-state index contributed by atoms with van der Waals surface area (Å²) in [6, 6.07) is -0.889. The minimum Gasteiger partial charge on any atom is -0.462 e. The Morgan fingerprint density at radius 3 is 1.54 bits per heavy atom. The highest BCUT2D eigenvalue weighted by Gasteiger charge is 2.27. The molecular weight excluding hydrogens is 617 g/mol. The summed E-state index contributed by atoms with van der Waals surface area (Å²) < 4.78 is 37.6. The minimum atomic E-state index is -4.70. The van der Waals surface area contributed by atoms with Gasteiger partial charge in [-0.25, -0.2) is 4.57 Å². The van der Waals surface area contributed by atoms with Gasteiger partial charge in [-0.2, -0.15) is 0 Å². The van der Waals surface area contributed by atoms with Crippen molar-refractivity contribution in [2.45, 2.75) is 167 Å². The molecule has 0 bridgehead atoms. The number of esters is 3. The van der Waals surface area contributed by atoms with E-state index in [0.29, 0.717) is 12.8 Å². The molecule has 4 unspecified atom stereocenters. The number of rotatable bonds is 32. The fourth-order valence-electron chi connectivity index (χ4n) is 4.53. The number of aliphatic hydroxyl groups excluding tert-OH is 1.